The first-order valence-corrected chi connectivity index (χ1v) is 13.0. The summed E-state index contributed by atoms with van der Waals surface area (Å²) in [6.07, 6.45) is 3.70. The van der Waals surface area contributed by atoms with Gasteiger partial charge in [0, 0.05) is 23.0 Å². The Hall–Kier alpha value is -3.97. The molecule has 3 aromatic carbocycles. The Balaban J connectivity index is 1.26. The molecule has 1 atom stereocenters. The van der Waals surface area contributed by atoms with Gasteiger partial charge in [0.2, 0.25) is 5.91 Å². The number of aryl methyl sites for hydroxylation is 1. The van der Waals surface area contributed by atoms with Crippen molar-refractivity contribution < 1.29 is 9.59 Å². The van der Waals surface area contributed by atoms with Crippen molar-refractivity contribution in [1.82, 2.24) is 15.3 Å². The van der Waals surface area contributed by atoms with Gasteiger partial charge in [-0.1, -0.05) is 53.3 Å². The number of aromatic nitrogens is 2. The molecule has 7 heteroatoms. The first-order chi connectivity index (χ1) is 17.4. The van der Waals surface area contributed by atoms with E-state index in [1.807, 2.05) is 43.3 Å². The lowest BCUT2D eigenvalue weighted by Crippen LogP contribution is -2.26. The number of nitrogens with one attached hydrogen (secondary N) is 3. The number of carbonyl (C=O) groups excluding carboxylic acids is 2. The maximum Gasteiger partial charge on any atom is 0.253 e. The highest BCUT2D eigenvalue weighted by Gasteiger charge is 2.30. The average molecular weight is 495 g/mol. The van der Waals surface area contributed by atoms with E-state index in [-0.39, 0.29) is 23.8 Å². The zero-order valence-corrected chi connectivity index (χ0v) is 20.9. The van der Waals surface area contributed by atoms with Crippen LogP contribution in [0.15, 0.2) is 66.9 Å². The molecule has 0 unspecified atom stereocenters. The molecule has 2 heterocycles. The van der Waals surface area contributed by atoms with Crippen LogP contribution < -0.4 is 10.6 Å². The maximum absolute atomic E-state index is 13.2. The molecule has 5 aromatic rings. The van der Waals surface area contributed by atoms with Gasteiger partial charge >= 0.3 is 0 Å². The van der Waals surface area contributed by atoms with Crippen molar-refractivity contribution in [3.8, 4) is 11.1 Å². The van der Waals surface area contributed by atoms with Gasteiger partial charge in [-0.3, -0.25) is 9.59 Å². The Kier molecular flexibility index (Phi) is 5.57. The van der Waals surface area contributed by atoms with E-state index in [4.69, 9.17) is 0 Å². The number of nitrogens with zero attached hydrogens (tertiary/aromatic N) is 1. The summed E-state index contributed by atoms with van der Waals surface area (Å²) in [5.74, 6) is 0.0991. The first kappa shape index (κ1) is 22.5. The standard InChI is InChI=1S/C29H26N4O2S/c1-16-3-5-18(6-4-16)17(2)31-28(35)23-15-30-24-11-9-20(13-22(23)24)21-10-12-25-26(14-21)36-29(32-25)33-27(34)19-7-8-19/h3-6,9-15,17,19,30H,7-8H2,1-2H3,(H,31,35)(H,32,33,34)/t17-/m0/s1. The minimum absolute atomic E-state index is 0.0645. The number of hydrogen-bond donors (Lipinski definition) is 3. The topological polar surface area (TPSA) is 86.9 Å². The van der Waals surface area contributed by atoms with Crippen molar-refractivity contribution in [1.29, 1.82) is 0 Å². The minimum atomic E-state index is -0.111. The highest BCUT2D eigenvalue weighted by Crippen LogP contribution is 2.34. The molecule has 1 fully saturated rings. The van der Waals surface area contributed by atoms with Gasteiger partial charge in [-0.15, -0.1) is 0 Å². The highest BCUT2D eigenvalue weighted by molar-refractivity contribution is 7.22. The molecular formula is C29H26N4O2S. The van der Waals surface area contributed by atoms with Gasteiger partial charge in [-0.2, -0.15) is 0 Å². The summed E-state index contributed by atoms with van der Waals surface area (Å²) in [4.78, 5) is 33.1. The number of carbonyl (C=O) groups is 2. The van der Waals surface area contributed by atoms with Crippen LogP contribution in [0.5, 0.6) is 0 Å². The van der Waals surface area contributed by atoms with E-state index in [0.29, 0.717) is 10.7 Å². The normalized spacial score (nSPS) is 14.2. The maximum atomic E-state index is 13.2. The molecule has 2 aromatic heterocycles. The lowest BCUT2D eigenvalue weighted by molar-refractivity contribution is -0.117. The number of aromatic amines is 1. The summed E-state index contributed by atoms with van der Waals surface area (Å²) in [7, 11) is 0. The van der Waals surface area contributed by atoms with Gasteiger partial charge in [-0.25, -0.2) is 4.98 Å². The van der Waals surface area contributed by atoms with Crippen LogP contribution in [0.1, 0.15) is 47.3 Å². The molecule has 2 amide bonds. The molecule has 180 valence electrons. The van der Waals surface area contributed by atoms with Gasteiger partial charge < -0.3 is 15.6 Å². The molecule has 1 aliphatic carbocycles. The van der Waals surface area contributed by atoms with Crippen LogP contribution in [0.4, 0.5) is 5.13 Å². The average Bonchev–Trinajstić information content (AvgIpc) is 3.52. The van der Waals surface area contributed by atoms with E-state index < -0.39 is 0 Å². The van der Waals surface area contributed by atoms with Gasteiger partial charge in [0.25, 0.3) is 5.91 Å². The Labute approximate surface area is 212 Å². The van der Waals surface area contributed by atoms with E-state index in [1.165, 1.54) is 16.9 Å². The summed E-state index contributed by atoms with van der Waals surface area (Å²) in [5.41, 5.74) is 6.71. The number of rotatable bonds is 6. The van der Waals surface area contributed by atoms with E-state index in [1.54, 1.807) is 6.20 Å². The van der Waals surface area contributed by atoms with Crippen LogP contribution in [0.3, 0.4) is 0 Å². The molecule has 0 radical (unpaired) electrons. The van der Waals surface area contributed by atoms with Crippen molar-refractivity contribution in [3.63, 3.8) is 0 Å². The zero-order valence-electron chi connectivity index (χ0n) is 20.1. The molecule has 6 nitrogen and oxygen atoms in total. The van der Waals surface area contributed by atoms with Crippen LogP contribution in [-0.4, -0.2) is 21.8 Å². The predicted octanol–water partition coefficient (Wildman–Crippen LogP) is 6.59. The highest BCUT2D eigenvalue weighted by atomic mass is 32.1. The van der Waals surface area contributed by atoms with Crippen molar-refractivity contribution in [2.75, 3.05) is 5.32 Å². The SMILES string of the molecule is Cc1ccc([C@H](C)NC(=O)c2c[nH]c3ccc(-c4ccc5nc(NC(=O)C6CC6)sc5c4)cc23)cc1. The Morgan fingerprint density at radius 3 is 2.56 bits per heavy atom. The van der Waals surface area contributed by atoms with E-state index in [0.717, 1.165) is 50.7 Å². The van der Waals surface area contributed by atoms with E-state index in [9.17, 15) is 9.59 Å². The van der Waals surface area contributed by atoms with Crippen LogP contribution >= 0.6 is 11.3 Å². The smallest absolute Gasteiger partial charge is 0.253 e. The molecule has 1 saturated carbocycles. The number of anilines is 1. The van der Waals surface area contributed by atoms with Crippen LogP contribution in [0.25, 0.3) is 32.2 Å². The summed E-state index contributed by atoms with van der Waals surface area (Å²) in [6, 6.07) is 20.3. The molecule has 0 aliphatic heterocycles. The number of H-pyrrole nitrogens is 1. The van der Waals surface area contributed by atoms with E-state index >= 15 is 0 Å². The quantitative estimate of drug-likeness (QED) is 0.249. The first-order valence-electron chi connectivity index (χ1n) is 12.1. The Morgan fingerprint density at radius 1 is 1.03 bits per heavy atom. The third kappa shape index (κ3) is 4.38. The van der Waals surface area contributed by atoms with Crippen LogP contribution in [0, 0.1) is 12.8 Å². The number of amides is 2. The largest absolute Gasteiger partial charge is 0.360 e. The predicted molar refractivity (Wildman–Crippen MR) is 145 cm³/mol. The van der Waals surface area contributed by atoms with Crippen molar-refractivity contribution in [3.05, 3.63) is 83.6 Å². The lowest BCUT2D eigenvalue weighted by Gasteiger charge is -2.14. The van der Waals surface area contributed by atoms with Crippen molar-refractivity contribution in [2.45, 2.75) is 32.7 Å². The second-order valence-corrected chi connectivity index (χ2v) is 10.6. The summed E-state index contributed by atoms with van der Waals surface area (Å²) in [5, 5.41) is 7.59. The minimum Gasteiger partial charge on any atom is -0.360 e. The lowest BCUT2D eigenvalue weighted by atomic mass is 10.0. The number of fused-ring (bicyclic) bond motifs is 2. The fraction of sp³-hybridized carbons (Fsp3) is 0.207. The molecule has 36 heavy (non-hydrogen) atoms. The van der Waals surface area contributed by atoms with Crippen LogP contribution in [0.2, 0.25) is 0 Å². The van der Waals surface area contributed by atoms with Crippen LogP contribution in [-0.2, 0) is 4.79 Å². The van der Waals surface area contributed by atoms with Gasteiger partial charge in [-0.05, 0) is 67.6 Å². The second-order valence-electron chi connectivity index (χ2n) is 9.53. The molecule has 0 spiro atoms. The van der Waals surface area contributed by atoms with Crippen molar-refractivity contribution >= 4 is 49.4 Å². The van der Waals surface area contributed by atoms with Gasteiger partial charge in [0.05, 0.1) is 21.8 Å². The third-order valence-corrected chi connectivity index (χ3v) is 7.68. The summed E-state index contributed by atoms with van der Waals surface area (Å²) < 4.78 is 1.01. The Morgan fingerprint density at radius 2 is 1.78 bits per heavy atom. The monoisotopic (exact) mass is 494 g/mol. The molecule has 3 N–H and O–H groups in total. The third-order valence-electron chi connectivity index (χ3n) is 6.75. The van der Waals surface area contributed by atoms with E-state index in [2.05, 4.69) is 51.8 Å². The molecule has 0 saturated heterocycles. The fourth-order valence-corrected chi connectivity index (χ4v) is 5.32. The number of hydrogen-bond acceptors (Lipinski definition) is 4. The fourth-order valence-electron chi connectivity index (χ4n) is 4.41. The molecular weight excluding hydrogens is 468 g/mol. The summed E-state index contributed by atoms with van der Waals surface area (Å²) >= 11 is 1.49. The molecule has 6 rings (SSSR count). The second kappa shape index (κ2) is 8.91. The number of thiazole rings is 1. The zero-order chi connectivity index (χ0) is 24.8. The molecule has 0 bridgehead atoms. The summed E-state index contributed by atoms with van der Waals surface area (Å²) in [6.45, 7) is 4.05. The van der Waals surface area contributed by atoms with Gasteiger partial charge in [0.15, 0.2) is 5.13 Å². The molecule has 1 aliphatic rings. The van der Waals surface area contributed by atoms with Crippen molar-refractivity contribution in [2.24, 2.45) is 5.92 Å². The Bertz CT molecular complexity index is 1610. The van der Waals surface area contributed by atoms with Gasteiger partial charge in [0.1, 0.15) is 0 Å². The number of benzene rings is 3.